The number of hydrogen-bond donors (Lipinski definition) is 1. The first-order valence-electron chi connectivity index (χ1n) is 10.6. The van der Waals surface area contributed by atoms with Crippen molar-refractivity contribution in [3.8, 4) is 5.75 Å². The van der Waals surface area contributed by atoms with Crippen molar-refractivity contribution in [2.45, 2.75) is 37.3 Å². The summed E-state index contributed by atoms with van der Waals surface area (Å²) in [4.78, 5) is 31.0. The molecule has 0 aliphatic carbocycles. The van der Waals surface area contributed by atoms with Gasteiger partial charge in [-0.2, -0.15) is 9.61 Å². The number of carbonyl (C=O) groups excluding carboxylic acids is 1. The number of para-hydroxylation sites is 2. The summed E-state index contributed by atoms with van der Waals surface area (Å²) in [6, 6.07) is 16.7. The summed E-state index contributed by atoms with van der Waals surface area (Å²) in [5.41, 5.74) is 2.18. The molecular formula is C24H24N4O3S2. The first-order chi connectivity index (χ1) is 16.0. The summed E-state index contributed by atoms with van der Waals surface area (Å²) in [5.74, 6) is 0.949. The molecule has 2 aromatic heterocycles. The Morgan fingerprint density at radius 3 is 2.79 bits per heavy atom. The van der Waals surface area contributed by atoms with Gasteiger partial charge in [-0.05, 0) is 37.1 Å². The van der Waals surface area contributed by atoms with E-state index in [4.69, 9.17) is 4.74 Å². The third-order valence-electron chi connectivity index (χ3n) is 4.79. The lowest BCUT2D eigenvalue weighted by atomic mass is 10.2. The molecule has 0 unspecified atom stereocenters. The van der Waals surface area contributed by atoms with Crippen LogP contribution in [0.2, 0.25) is 0 Å². The van der Waals surface area contributed by atoms with E-state index in [2.05, 4.69) is 22.3 Å². The van der Waals surface area contributed by atoms with Gasteiger partial charge in [0, 0.05) is 23.1 Å². The standard InChI is InChI=1S/C24H24N4O3S2/c1-3-8-22-27-28-23(30)13-17(25-24(28)33-22)15-32-20-12-7-5-10-18(20)26-21(29)14-31-19-11-6-4-9-16(19)2/h4-7,9-13H,3,8,14-15H2,1-2H3,(H,26,29). The smallest absolute Gasteiger partial charge is 0.275 e. The van der Waals surface area contributed by atoms with Crippen LogP contribution in [0.1, 0.15) is 29.6 Å². The minimum atomic E-state index is -0.239. The molecule has 1 N–H and O–H groups in total. The monoisotopic (exact) mass is 480 g/mol. The number of fused-ring (bicyclic) bond motifs is 1. The highest BCUT2D eigenvalue weighted by molar-refractivity contribution is 7.98. The molecule has 0 spiro atoms. The molecule has 0 saturated heterocycles. The summed E-state index contributed by atoms with van der Waals surface area (Å²) in [6.07, 6.45) is 1.80. The van der Waals surface area contributed by atoms with Gasteiger partial charge in [0.25, 0.3) is 11.5 Å². The van der Waals surface area contributed by atoms with E-state index in [1.807, 2.05) is 55.5 Å². The molecule has 7 nitrogen and oxygen atoms in total. The molecule has 9 heteroatoms. The molecule has 0 fully saturated rings. The van der Waals surface area contributed by atoms with Gasteiger partial charge in [-0.3, -0.25) is 9.59 Å². The molecule has 0 atom stereocenters. The van der Waals surface area contributed by atoms with Crippen molar-refractivity contribution >= 4 is 39.7 Å². The van der Waals surface area contributed by atoms with Crippen LogP contribution in [-0.2, 0) is 17.0 Å². The third kappa shape index (κ3) is 5.80. The highest BCUT2D eigenvalue weighted by Crippen LogP contribution is 2.29. The van der Waals surface area contributed by atoms with E-state index in [1.165, 1.54) is 33.7 Å². The second kappa shape index (κ2) is 10.6. The minimum Gasteiger partial charge on any atom is -0.483 e. The lowest BCUT2D eigenvalue weighted by molar-refractivity contribution is -0.118. The number of anilines is 1. The van der Waals surface area contributed by atoms with Crippen molar-refractivity contribution in [3.63, 3.8) is 0 Å². The van der Waals surface area contributed by atoms with Crippen molar-refractivity contribution in [2.24, 2.45) is 0 Å². The largest absolute Gasteiger partial charge is 0.483 e. The number of nitrogens with one attached hydrogen (secondary N) is 1. The lowest BCUT2D eigenvalue weighted by Crippen LogP contribution is -2.20. The van der Waals surface area contributed by atoms with Crippen LogP contribution in [0.3, 0.4) is 0 Å². The normalized spacial score (nSPS) is 11.0. The molecule has 4 rings (SSSR count). The van der Waals surface area contributed by atoms with Gasteiger partial charge in [0.05, 0.1) is 11.4 Å². The number of amides is 1. The summed E-state index contributed by atoms with van der Waals surface area (Å²) in [7, 11) is 0. The van der Waals surface area contributed by atoms with Gasteiger partial charge in [0.2, 0.25) is 4.96 Å². The Morgan fingerprint density at radius 1 is 1.18 bits per heavy atom. The SMILES string of the molecule is CCCc1nn2c(=O)cc(CSc3ccccc3NC(=O)COc3ccccc3C)nc2s1. The van der Waals surface area contributed by atoms with Crippen LogP contribution in [0, 0.1) is 6.92 Å². The zero-order chi connectivity index (χ0) is 23.2. The van der Waals surface area contributed by atoms with Crippen LogP contribution >= 0.6 is 23.1 Å². The Balaban J connectivity index is 1.42. The summed E-state index contributed by atoms with van der Waals surface area (Å²) in [5, 5.41) is 8.17. The molecule has 2 heterocycles. The van der Waals surface area contributed by atoms with Crippen molar-refractivity contribution in [1.82, 2.24) is 14.6 Å². The summed E-state index contributed by atoms with van der Waals surface area (Å²) in [6.45, 7) is 3.94. The summed E-state index contributed by atoms with van der Waals surface area (Å²) >= 11 is 2.96. The molecule has 0 saturated carbocycles. The predicted octanol–water partition coefficient (Wildman–Crippen LogP) is 4.72. The van der Waals surface area contributed by atoms with Gasteiger partial charge in [0.15, 0.2) is 6.61 Å². The number of ether oxygens (including phenoxy) is 1. The van der Waals surface area contributed by atoms with Gasteiger partial charge >= 0.3 is 0 Å². The van der Waals surface area contributed by atoms with Crippen molar-refractivity contribution < 1.29 is 9.53 Å². The van der Waals surface area contributed by atoms with Gasteiger partial charge in [-0.25, -0.2) is 4.98 Å². The molecule has 4 aromatic rings. The second-order valence-electron chi connectivity index (χ2n) is 7.41. The quantitative estimate of drug-likeness (QED) is 0.349. The number of nitrogens with zero attached hydrogens (tertiary/aromatic N) is 3. The number of aromatic nitrogens is 3. The Hall–Kier alpha value is -3.17. The van der Waals surface area contributed by atoms with Crippen LogP contribution in [-0.4, -0.2) is 27.1 Å². The van der Waals surface area contributed by atoms with Gasteiger partial charge < -0.3 is 10.1 Å². The van der Waals surface area contributed by atoms with E-state index in [9.17, 15) is 9.59 Å². The Bertz CT molecular complexity index is 1330. The number of aryl methyl sites for hydroxylation is 2. The molecule has 1 amide bonds. The van der Waals surface area contributed by atoms with Gasteiger partial charge in [-0.15, -0.1) is 11.8 Å². The average Bonchev–Trinajstić information content (AvgIpc) is 3.21. The Morgan fingerprint density at radius 2 is 1.97 bits per heavy atom. The fourth-order valence-corrected chi connectivity index (χ4v) is 5.10. The fourth-order valence-electron chi connectivity index (χ4n) is 3.18. The molecule has 0 aliphatic heterocycles. The number of benzene rings is 2. The van der Waals surface area contributed by atoms with Crippen LogP contribution in [0.25, 0.3) is 4.96 Å². The maximum absolute atomic E-state index is 12.5. The van der Waals surface area contributed by atoms with Gasteiger partial charge in [-0.1, -0.05) is 48.6 Å². The zero-order valence-corrected chi connectivity index (χ0v) is 20.0. The van der Waals surface area contributed by atoms with Crippen molar-refractivity contribution in [3.05, 3.63) is 81.2 Å². The lowest BCUT2D eigenvalue weighted by Gasteiger charge is -2.12. The Kier molecular flexibility index (Phi) is 7.41. The number of carbonyl (C=O) groups is 1. The van der Waals surface area contributed by atoms with E-state index >= 15 is 0 Å². The van der Waals surface area contributed by atoms with Crippen LogP contribution < -0.4 is 15.6 Å². The van der Waals surface area contributed by atoms with Gasteiger partial charge in [0.1, 0.15) is 10.8 Å². The van der Waals surface area contributed by atoms with E-state index in [1.54, 1.807) is 0 Å². The highest BCUT2D eigenvalue weighted by atomic mass is 32.2. The molecule has 0 radical (unpaired) electrons. The van der Waals surface area contributed by atoms with E-state index < -0.39 is 0 Å². The molecule has 170 valence electrons. The molecular weight excluding hydrogens is 456 g/mol. The number of hydrogen-bond acceptors (Lipinski definition) is 7. The molecule has 0 bridgehead atoms. The maximum atomic E-state index is 12.5. The Labute approximate surface area is 199 Å². The minimum absolute atomic E-state index is 0.0791. The predicted molar refractivity (Wildman–Crippen MR) is 132 cm³/mol. The topological polar surface area (TPSA) is 85.6 Å². The van der Waals surface area contributed by atoms with Crippen LogP contribution in [0.5, 0.6) is 5.75 Å². The maximum Gasteiger partial charge on any atom is 0.275 e. The molecule has 2 aromatic carbocycles. The van der Waals surface area contributed by atoms with Crippen LogP contribution in [0.4, 0.5) is 5.69 Å². The highest BCUT2D eigenvalue weighted by Gasteiger charge is 2.12. The average molecular weight is 481 g/mol. The van der Waals surface area contributed by atoms with E-state index in [-0.39, 0.29) is 18.1 Å². The first kappa shape index (κ1) is 23.0. The third-order valence-corrected chi connectivity index (χ3v) is 6.87. The summed E-state index contributed by atoms with van der Waals surface area (Å²) < 4.78 is 7.01. The van der Waals surface area contributed by atoms with E-state index in [0.29, 0.717) is 27.8 Å². The zero-order valence-electron chi connectivity index (χ0n) is 18.4. The van der Waals surface area contributed by atoms with Crippen molar-refractivity contribution in [1.29, 1.82) is 0 Å². The molecule has 0 aliphatic rings. The first-order valence-corrected chi connectivity index (χ1v) is 12.4. The van der Waals surface area contributed by atoms with Crippen LogP contribution in [0.15, 0.2) is 64.3 Å². The molecule has 33 heavy (non-hydrogen) atoms. The van der Waals surface area contributed by atoms with E-state index in [0.717, 1.165) is 28.3 Å². The fraction of sp³-hybridized carbons (Fsp3) is 0.250. The second-order valence-corrected chi connectivity index (χ2v) is 9.47. The number of rotatable bonds is 9. The number of thioether (sulfide) groups is 1. The van der Waals surface area contributed by atoms with Crippen molar-refractivity contribution in [2.75, 3.05) is 11.9 Å².